The van der Waals surface area contributed by atoms with Crippen LogP contribution in [0, 0.1) is 0 Å². The van der Waals surface area contributed by atoms with E-state index in [9.17, 15) is 40.2 Å². The maximum Gasteiger partial charge on any atom is 0.202 e. The van der Waals surface area contributed by atoms with Crippen molar-refractivity contribution in [3.8, 4) is 17.2 Å². The lowest BCUT2D eigenvalue weighted by Gasteiger charge is -2.28. The quantitative estimate of drug-likeness (QED) is 0.137. The number of hydrogen-bond donors (Lipinski definition) is 6. The topological polar surface area (TPSA) is 156 Å². The van der Waals surface area contributed by atoms with Gasteiger partial charge in [-0.05, 0) is 16.7 Å². The third-order valence-corrected chi connectivity index (χ3v) is 8.06. The number of ketones is 2. The number of phenolic OH excluding ortho intramolecular Hbond substituents is 3. The summed E-state index contributed by atoms with van der Waals surface area (Å²) >= 11 is 0. The van der Waals surface area contributed by atoms with E-state index in [1.807, 2.05) is 12.1 Å². The molecule has 6 N–H and O–H groups in total. The predicted molar refractivity (Wildman–Crippen MR) is 167 cm³/mol. The predicted octanol–water partition coefficient (Wildman–Crippen LogP) is 6.21. The second kappa shape index (κ2) is 11.6. The third kappa shape index (κ3) is 5.12. The first kappa shape index (κ1) is 29.1. The molecule has 2 aliphatic carbocycles. The zero-order valence-electron chi connectivity index (χ0n) is 23.9. The first-order valence-corrected chi connectivity index (χ1v) is 14.2. The first-order valence-electron chi connectivity index (χ1n) is 14.2. The molecule has 0 atom stereocenters. The molecule has 6 rings (SSSR count). The molecule has 0 radical (unpaired) electrons. The Morgan fingerprint density at radius 3 is 1.36 bits per heavy atom. The maximum absolute atomic E-state index is 13.7. The summed E-state index contributed by atoms with van der Waals surface area (Å²) in [4.78, 5) is 26.7. The number of aliphatic hydroxyl groups excluding tert-OH is 3. The van der Waals surface area contributed by atoms with Crippen molar-refractivity contribution in [2.45, 2.75) is 19.3 Å². The second-order valence-electron chi connectivity index (χ2n) is 10.9. The van der Waals surface area contributed by atoms with Crippen molar-refractivity contribution in [1.29, 1.82) is 0 Å². The summed E-state index contributed by atoms with van der Waals surface area (Å²) in [6.07, 6.45) is 0.984. The lowest BCUT2D eigenvalue weighted by Crippen LogP contribution is -2.27. The Morgan fingerprint density at radius 2 is 0.911 bits per heavy atom. The van der Waals surface area contributed by atoms with Crippen molar-refractivity contribution in [1.82, 2.24) is 0 Å². The van der Waals surface area contributed by atoms with Crippen LogP contribution < -0.4 is 0 Å². The number of carbonyl (C=O) groups excluding carboxylic acids is 2. The molecule has 0 heterocycles. The molecule has 224 valence electrons. The van der Waals surface area contributed by atoms with Crippen molar-refractivity contribution < 1.29 is 40.2 Å². The van der Waals surface area contributed by atoms with E-state index in [1.54, 1.807) is 78.9 Å². The highest BCUT2D eigenvalue weighted by Crippen LogP contribution is 2.52. The Morgan fingerprint density at radius 1 is 0.467 bits per heavy atom. The van der Waals surface area contributed by atoms with Crippen LogP contribution in [0.5, 0.6) is 17.2 Å². The average molecular weight is 601 g/mol. The molecule has 0 amide bonds. The number of rotatable bonds is 7. The smallest absolute Gasteiger partial charge is 0.202 e. The van der Waals surface area contributed by atoms with Gasteiger partial charge in [0.05, 0.1) is 22.3 Å². The van der Waals surface area contributed by atoms with E-state index in [2.05, 4.69) is 0 Å². The minimum absolute atomic E-state index is 0.0111. The van der Waals surface area contributed by atoms with Gasteiger partial charge in [0, 0.05) is 42.0 Å². The summed E-state index contributed by atoms with van der Waals surface area (Å²) < 4.78 is 0. The first-order chi connectivity index (χ1) is 21.7. The zero-order valence-corrected chi connectivity index (χ0v) is 23.9. The van der Waals surface area contributed by atoms with Crippen molar-refractivity contribution in [2.24, 2.45) is 0 Å². The molecule has 4 aromatic carbocycles. The molecule has 0 fully saturated rings. The number of carbonyl (C=O) groups is 2. The number of aromatic hydroxyl groups is 3. The molecule has 8 nitrogen and oxygen atoms in total. The van der Waals surface area contributed by atoms with Gasteiger partial charge in [-0.25, -0.2) is 0 Å². The molecular formula is C37H28O8. The molecular weight excluding hydrogens is 572 g/mol. The van der Waals surface area contributed by atoms with Crippen LogP contribution in [0.1, 0.15) is 33.4 Å². The SMILES string of the molecule is O=C1C=C(O)C(Cc2ccccc2)=C(O)C1=C1C(=O)C(c2c(O)c(Cc3ccccc3)c(O)c(Cc3ccccc3)c2O)=C1O. The minimum Gasteiger partial charge on any atom is -0.507 e. The molecule has 4 aromatic rings. The molecule has 0 saturated carbocycles. The molecule has 0 aliphatic heterocycles. The van der Waals surface area contributed by atoms with Gasteiger partial charge in [-0.2, -0.15) is 0 Å². The van der Waals surface area contributed by atoms with E-state index in [1.165, 1.54) is 0 Å². The van der Waals surface area contributed by atoms with Crippen molar-refractivity contribution in [3.63, 3.8) is 0 Å². The third-order valence-electron chi connectivity index (χ3n) is 8.06. The fourth-order valence-corrected chi connectivity index (χ4v) is 5.75. The van der Waals surface area contributed by atoms with E-state index >= 15 is 0 Å². The Hall–Kier alpha value is -6.02. The van der Waals surface area contributed by atoms with E-state index in [0.29, 0.717) is 5.56 Å². The number of allylic oxidation sites excluding steroid dienone is 5. The van der Waals surface area contributed by atoms with Crippen molar-refractivity contribution in [3.05, 3.63) is 164 Å². The molecule has 0 spiro atoms. The maximum atomic E-state index is 13.7. The summed E-state index contributed by atoms with van der Waals surface area (Å²) in [6.45, 7) is 0. The van der Waals surface area contributed by atoms with Gasteiger partial charge in [-0.1, -0.05) is 91.0 Å². The second-order valence-corrected chi connectivity index (χ2v) is 10.9. The van der Waals surface area contributed by atoms with E-state index < -0.39 is 62.6 Å². The van der Waals surface area contributed by atoms with E-state index in [0.717, 1.165) is 17.2 Å². The van der Waals surface area contributed by atoms with Gasteiger partial charge in [0.1, 0.15) is 34.5 Å². The van der Waals surface area contributed by atoms with Gasteiger partial charge in [0.25, 0.3) is 0 Å². The Labute approximate surface area is 258 Å². The van der Waals surface area contributed by atoms with Crippen LogP contribution in [0.3, 0.4) is 0 Å². The molecule has 8 heteroatoms. The number of benzene rings is 4. The fraction of sp³-hybridized carbons (Fsp3) is 0.0811. The van der Waals surface area contributed by atoms with Crippen LogP contribution in [-0.2, 0) is 28.9 Å². The normalized spacial score (nSPS) is 16.6. The molecule has 0 unspecified atom stereocenters. The monoisotopic (exact) mass is 600 g/mol. The highest BCUT2D eigenvalue weighted by molar-refractivity contribution is 6.42. The van der Waals surface area contributed by atoms with Crippen LogP contribution in [0.15, 0.2) is 131 Å². The Bertz CT molecular complexity index is 1910. The van der Waals surface area contributed by atoms with Crippen molar-refractivity contribution >= 4 is 17.1 Å². The van der Waals surface area contributed by atoms with Gasteiger partial charge in [-0.15, -0.1) is 0 Å². The lowest BCUT2D eigenvalue weighted by atomic mass is 9.76. The van der Waals surface area contributed by atoms with Crippen LogP contribution >= 0.6 is 0 Å². The zero-order chi connectivity index (χ0) is 31.8. The highest BCUT2D eigenvalue weighted by atomic mass is 16.3. The largest absolute Gasteiger partial charge is 0.507 e. The molecule has 2 aliphatic rings. The van der Waals surface area contributed by atoms with Gasteiger partial charge in [-0.3, -0.25) is 9.59 Å². The van der Waals surface area contributed by atoms with Gasteiger partial charge < -0.3 is 30.6 Å². The number of hydrogen-bond acceptors (Lipinski definition) is 8. The lowest BCUT2D eigenvalue weighted by molar-refractivity contribution is -0.114. The summed E-state index contributed by atoms with van der Waals surface area (Å²) in [5, 5.41) is 66.9. The van der Waals surface area contributed by atoms with E-state index in [-0.39, 0.29) is 41.7 Å². The van der Waals surface area contributed by atoms with Crippen LogP contribution in [0.25, 0.3) is 5.57 Å². The summed E-state index contributed by atoms with van der Waals surface area (Å²) in [7, 11) is 0. The Balaban J connectivity index is 1.52. The molecule has 0 bridgehead atoms. The summed E-state index contributed by atoms with van der Waals surface area (Å²) in [6, 6.07) is 26.8. The van der Waals surface area contributed by atoms with Crippen LogP contribution in [-0.4, -0.2) is 42.2 Å². The minimum atomic E-state index is -0.913. The molecule has 45 heavy (non-hydrogen) atoms. The Kier molecular flexibility index (Phi) is 7.48. The van der Waals surface area contributed by atoms with Gasteiger partial charge in [0.2, 0.25) is 5.78 Å². The highest BCUT2D eigenvalue weighted by Gasteiger charge is 2.44. The molecule has 0 saturated heterocycles. The van der Waals surface area contributed by atoms with Gasteiger partial charge in [0.15, 0.2) is 5.78 Å². The number of Topliss-reactive ketones (excluding diaryl/α,β-unsaturated/α-hetero) is 1. The summed E-state index contributed by atoms with van der Waals surface area (Å²) in [5.41, 5.74) is 0.341. The van der Waals surface area contributed by atoms with E-state index in [4.69, 9.17) is 0 Å². The summed E-state index contributed by atoms with van der Waals surface area (Å²) in [5.74, 6) is -5.24. The van der Waals surface area contributed by atoms with Crippen LogP contribution in [0.2, 0.25) is 0 Å². The standard InChI is InChI=1S/C37H28O8/c38-26-19-27(39)28(33(41)23(26)16-20-10-4-1-5-11-20)29-36(44)31(37(29)45)30-34(42)24(17-21-12-6-2-7-13-21)32(40)25(35(30)43)18-22-14-8-3-9-15-22/h1-15,19,38,40-44H,16-18H2. The average Bonchev–Trinajstić information content (AvgIpc) is 3.05. The molecule has 0 aromatic heterocycles. The van der Waals surface area contributed by atoms with Crippen molar-refractivity contribution in [2.75, 3.05) is 0 Å². The number of aliphatic hydroxyl groups is 3. The number of phenols is 3. The fourth-order valence-electron chi connectivity index (χ4n) is 5.75. The van der Waals surface area contributed by atoms with Gasteiger partial charge >= 0.3 is 0 Å². The van der Waals surface area contributed by atoms with Crippen LogP contribution in [0.4, 0.5) is 0 Å².